The molecule has 1 aromatic carbocycles. The molecule has 0 atom stereocenters. The Labute approximate surface area is 89.1 Å². The lowest BCUT2D eigenvalue weighted by molar-refractivity contribution is 0.100. The van der Waals surface area contributed by atoms with E-state index in [1.165, 1.54) is 13.0 Å². The first-order chi connectivity index (χ1) is 7.16. The van der Waals surface area contributed by atoms with Gasteiger partial charge in [0.25, 0.3) is 0 Å². The van der Waals surface area contributed by atoms with Gasteiger partial charge >= 0.3 is 0 Å². The number of hydrogen-bond acceptors (Lipinski definition) is 2. The van der Waals surface area contributed by atoms with Gasteiger partial charge in [-0.1, -0.05) is 19.4 Å². The van der Waals surface area contributed by atoms with Crippen molar-refractivity contribution in [3.63, 3.8) is 0 Å². The van der Waals surface area contributed by atoms with Crippen molar-refractivity contribution in [1.82, 2.24) is 0 Å². The van der Waals surface area contributed by atoms with Crippen LogP contribution in [-0.2, 0) is 0 Å². The first kappa shape index (κ1) is 11.7. The second-order valence-electron chi connectivity index (χ2n) is 3.37. The molecule has 0 aromatic heterocycles. The molecule has 0 heterocycles. The zero-order valence-electron chi connectivity index (χ0n) is 9.05. The van der Waals surface area contributed by atoms with Crippen molar-refractivity contribution in [3.8, 4) is 5.75 Å². The van der Waals surface area contributed by atoms with E-state index in [0.717, 1.165) is 12.8 Å². The Morgan fingerprint density at radius 2 is 2.20 bits per heavy atom. The maximum absolute atomic E-state index is 13.3. The maximum Gasteiger partial charge on any atom is 0.166 e. The molecular formula is C12H15FO2. The molecule has 0 N–H and O–H groups in total. The van der Waals surface area contributed by atoms with Crippen molar-refractivity contribution < 1.29 is 13.9 Å². The Morgan fingerprint density at radius 3 is 2.80 bits per heavy atom. The van der Waals surface area contributed by atoms with Gasteiger partial charge in [-0.05, 0) is 25.5 Å². The minimum Gasteiger partial charge on any atom is -0.493 e. The van der Waals surface area contributed by atoms with Gasteiger partial charge in [-0.15, -0.1) is 0 Å². The molecule has 0 radical (unpaired) electrons. The van der Waals surface area contributed by atoms with Crippen LogP contribution in [0.2, 0.25) is 0 Å². The molecule has 0 aliphatic carbocycles. The summed E-state index contributed by atoms with van der Waals surface area (Å²) < 4.78 is 18.7. The zero-order valence-corrected chi connectivity index (χ0v) is 9.05. The van der Waals surface area contributed by atoms with Crippen LogP contribution in [0, 0.1) is 5.82 Å². The highest BCUT2D eigenvalue weighted by Crippen LogP contribution is 2.22. The van der Waals surface area contributed by atoms with Crippen LogP contribution < -0.4 is 4.74 Å². The van der Waals surface area contributed by atoms with Crippen molar-refractivity contribution in [2.75, 3.05) is 6.61 Å². The zero-order chi connectivity index (χ0) is 11.3. The normalized spacial score (nSPS) is 10.1. The number of hydrogen-bond donors (Lipinski definition) is 0. The van der Waals surface area contributed by atoms with Gasteiger partial charge in [0.15, 0.2) is 5.78 Å². The average Bonchev–Trinajstić information content (AvgIpc) is 2.17. The van der Waals surface area contributed by atoms with Crippen molar-refractivity contribution >= 4 is 5.78 Å². The number of benzene rings is 1. The van der Waals surface area contributed by atoms with Crippen molar-refractivity contribution in [1.29, 1.82) is 0 Å². The average molecular weight is 210 g/mol. The highest BCUT2D eigenvalue weighted by Gasteiger charge is 2.13. The van der Waals surface area contributed by atoms with Gasteiger partial charge in [-0.2, -0.15) is 0 Å². The Bertz CT molecular complexity index is 347. The molecule has 2 nitrogen and oxygen atoms in total. The van der Waals surface area contributed by atoms with E-state index >= 15 is 0 Å². The fourth-order valence-electron chi connectivity index (χ4n) is 1.29. The summed E-state index contributed by atoms with van der Waals surface area (Å²) in [6, 6.07) is 4.43. The molecule has 0 saturated heterocycles. The molecule has 1 aromatic rings. The number of halogens is 1. The van der Waals surface area contributed by atoms with Crippen LogP contribution in [0.4, 0.5) is 4.39 Å². The van der Waals surface area contributed by atoms with Crippen molar-refractivity contribution in [2.45, 2.75) is 26.7 Å². The largest absolute Gasteiger partial charge is 0.493 e. The quantitative estimate of drug-likeness (QED) is 0.551. The molecule has 0 saturated carbocycles. The first-order valence-electron chi connectivity index (χ1n) is 5.09. The second kappa shape index (κ2) is 5.49. The van der Waals surface area contributed by atoms with E-state index in [1.807, 2.05) is 6.92 Å². The molecule has 0 bridgehead atoms. The smallest absolute Gasteiger partial charge is 0.166 e. The third-order valence-corrected chi connectivity index (χ3v) is 2.08. The summed E-state index contributed by atoms with van der Waals surface area (Å²) >= 11 is 0. The van der Waals surface area contributed by atoms with Crippen LogP contribution in [0.1, 0.15) is 37.0 Å². The SMILES string of the molecule is CCCCOc1cccc(F)c1C(C)=O. The third kappa shape index (κ3) is 3.05. The summed E-state index contributed by atoms with van der Waals surface area (Å²) in [5.41, 5.74) is 0.0496. The lowest BCUT2D eigenvalue weighted by Gasteiger charge is -2.09. The monoisotopic (exact) mass is 210 g/mol. The van der Waals surface area contributed by atoms with E-state index in [2.05, 4.69) is 0 Å². The fraction of sp³-hybridized carbons (Fsp3) is 0.417. The molecule has 15 heavy (non-hydrogen) atoms. The van der Waals surface area contributed by atoms with E-state index in [1.54, 1.807) is 12.1 Å². The summed E-state index contributed by atoms with van der Waals surface area (Å²) in [6.07, 6.45) is 1.90. The molecule has 3 heteroatoms. The van der Waals surface area contributed by atoms with Crippen LogP contribution in [-0.4, -0.2) is 12.4 Å². The number of Topliss-reactive ketones (excluding diaryl/α,β-unsaturated/α-hetero) is 1. The Kier molecular flexibility index (Phi) is 4.28. The van der Waals surface area contributed by atoms with E-state index < -0.39 is 5.82 Å². The van der Waals surface area contributed by atoms with Crippen LogP contribution in [0.5, 0.6) is 5.75 Å². The highest BCUT2D eigenvalue weighted by molar-refractivity contribution is 5.97. The molecule has 0 aliphatic rings. The molecule has 0 fully saturated rings. The van der Waals surface area contributed by atoms with E-state index in [9.17, 15) is 9.18 Å². The fourth-order valence-corrected chi connectivity index (χ4v) is 1.29. The number of ether oxygens (including phenoxy) is 1. The predicted molar refractivity (Wildman–Crippen MR) is 56.8 cm³/mol. The number of unbranched alkanes of at least 4 members (excludes halogenated alkanes) is 1. The molecule has 0 spiro atoms. The lowest BCUT2D eigenvalue weighted by Crippen LogP contribution is -2.04. The minimum absolute atomic E-state index is 0.0496. The number of rotatable bonds is 5. The van der Waals surface area contributed by atoms with Gasteiger partial charge in [0.2, 0.25) is 0 Å². The highest BCUT2D eigenvalue weighted by atomic mass is 19.1. The summed E-state index contributed by atoms with van der Waals surface area (Å²) in [5.74, 6) is -0.480. The minimum atomic E-state index is -0.517. The number of ketones is 1. The van der Waals surface area contributed by atoms with Crippen LogP contribution >= 0.6 is 0 Å². The Morgan fingerprint density at radius 1 is 1.47 bits per heavy atom. The predicted octanol–water partition coefficient (Wildman–Crippen LogP) is 3.21. The number of carbonyl (C=O) groups excluding carboxylic acids is 1. The van der Waals surface area contributed by atoms with Gasteiger partial charge in [0.1, 0.15) is 11.6 Å². The number of carbonyl (C=O) groups is 1. The first-order valence-corrected chi connectivity index (χ1v) is 5.09. The Balaban J connectivity index is 2.86. The molecule has 0 amide bonds. The van der Waals surface area contributed by atoms with Crippen molar-refractivity contribution in [2.24, 2.45) is 0 Å². The van der Waals surface area contributed by atoms with Crippen molar-refractivity contribution in [3.05, 3.63) is 29.6 Å². The van der Waals surface area contributed by atoms with E-state index in [4.69, 9.17) is 4.74 Å². The van der Waals surface area contributed by atoms with Gasteiger partial charge in [0.05, 0.1) is 12.2 Å². The maximum atomic E-state index is 13.3. The van der Waals surface area contributed by atoms with Crippen LogP contribution in [0.25, 0.3) is 0 Å². The topological polar surface area (TPSA) is 26.3 Å². The van der Waals surface area contributed by atoms with E-state index in [0.29, 0.717) is 12.4 Å². The summed E-state index contributed by atoms with van der Waals surface area (Å²) in [6.45, 7) is 3.89. The molecule has 0 unspecified atom stereocenters. The van der Waals surface area contributed by atoms with Gasteiger partial charge in [-0.3, -0.25) is 4.79 Å². The van der Waals surface area contributed by atoms with Gasteiger partial charge in [0, 0.05) is 0 Å². The standard InChI is InChI=1S/C12H15FO2/c1-3-4-8-15-11-7-5-6-10(13)12(11)9(2)14/h5-7H,3-4,8H2,1-2H3. The molecular weight excluding hydrogens is 195 g/mol. The summed E-state index contributed by atoms with van der Waals surface area (Å²) in [4.78, 5) is 11.2. The third-order valence-electron chi connectivity index (χ3n) is 2.08. The van der Waals surface area contributed by atoms with Crippen LogP contribution in [0.3, 0.4) is 0 Å². The van der Waals surface area contributed by atoms with Gasteiger partial charge < -0.3 is 4.74 Å². The molecule has 82 valence electrons. The van der Waals surface area contributed by atoms with E-state index in [-0.39, 0.29) is 11.3 Å². The Hall–Kier alpha value is -1.38. The molecule has 1 rings (SSSR count). The summed E-state index contributed by atoms with van der Waals surface area (Å²) in [7, 11) is 0. The van der Waals surface area contributed by atoms with Gasteiger partial charge in [-0.25, -0.2) is 4.39 Å². The van der Waals surface area contributed by atoms with Crippen LogP contribution in [0.15, 0.2) is 18.2 Å². The molecule has 0 aliphatic heterocycles. The second-order valence-corrected chi connectivity index (χ2v) is 3.37. The lowest BCUT2D eigenvalue weighted by atomic mass is 10.1. The summed E-state index contributed by atoms with van der Waals surface area (Å²) in [5, 5.41) is 0.